The minimum atomic E-state index is -0.392. The average Bonchev–Trinajstić information content (AvgIpc) is 2.77. The summed E-state index contributed by atoms with van der Waals surface area (Å²) < 4.78 is 5.61. The van der Waals surface area contributed by atoms with E-state index < -0.39 is 5.97 Å². The molecule has 0 bridgehead atoms. The van der Waals surface area contributed by atoms with Crippen LogP contribution in [0.1, 0.15) is 75.4 Å². The quantitative estimate of drug-likeness (QED) is 0.211. The lowest BCUT2D eigenvalue weighted by molar-refractivity contribution is 0.0734. The number of aryl methyl sites for hydroxylation is 1. The van der Waals surface area contributed by atoms with Crippen LogP contribution in [0.5, 0.6) is 5.75 Å². The molecule has 3 rings (SSSR count). The molecule has 3 aromatic carbocycles. The van der Waals surface area contributed by atoms with E-state index in [1.807, 2.05) is 43.3 Å². The van der Waals surface area contributed by atoms with E-state index in [0.29, 0.717) is 22.9 Å². The molecule has 34 heavy (non-hydrogen) atoms. The van der Waals surface area contributed by atoms with Crippen LogP contribution in [0.25, 0.3) is 0 Å². The van der Waals surface area contributed by atoms with Gasteiger partial charge in [-0.2, -0.15) is 10.2 Å². The van der Waals surface area contributed by atoms with Crippen LogP contribution >= 0.6 is 0 Å². The highest BCUT2D eigenvalue weighted by Crippen LogP contribution is 2.43. The standard InChI is InChI=1S/C30H36N2O2/c1-21-8-14-24(15-9-21)31-32-25-16-10-23(11-17-25)28(33)34-26-18-12-22(13-19-26)27(30(5,6)7)20-29(2,3)4/h8-19,27H,20H2,1-7H3/b32-31+. The predicted molar refractivity (Wildman–Crippen MR) is 139 cm³/mol. The third-order valence-electron chi connectivity index (χ3n) is 5.77. The summed E-state index contributed by atoms with van der Waals surface area (Å²) in [6, 6.07) is 22.7. The fourth-order valence-corrected chi connectivity index (χ4v) is 3.86. The molecule has 0 aliphatic carbocycles. The van der Waals surface area contributed by atoms with Gasteiger partial charge < -0.3 is 4.74 Å². The largest absolute Gasteiger partial charge is 0.423 e. The maximum Gasteiger partial charge on any atom is 0.343 e. The SMILES string of the molecule is Cc1ccc(/N=N/c2ccc(C(=O)Oc3ccc(C(CC(C)(C)C)C(C)(C)C)cc3)cc2)cc1. The second-order valence-corrected chi connectivity index (χ2v) is 11.2. The van der Waals surface area contributed by atoms with Crippen LogP contribution in [0.4, 0.5) is 11.4 Å². The Balaban J connectivity index is 1.65. The van der Waals surface area contributed by atoms with Crippen molar-refractivity contribution in [2.75, 3.05) is 0 Å². The Bertz CT molecular complexity index is 1110. The summed E-state index contributed by atoms with van der Waals surface area (Å²) in [7, 11) is 0. The first kappa shape index (κ1) is 25.4. The van der Waals surface area contributed by atoms with Crippen molar-refractivity contribution in [1.82, 2.24) is 0 Å². The number of benzene rings is 3. The van der Waals surface area contributed by atoms with Crippen LogP contribution in [-0.4, -0.2) is 5.97 Å². The van der Waals surface area contributed by atoms with Crippen molar-refractivity contribution in [3.63, 3.8) is 0 Å². The molecule has 178 valence electrons. The van der Waals surface area contributed by atoms with Gasteiger partial charge in [0.15, 0.2) is 0 Å². The van der Waals surface area contributed by atoms with E-state index in [1.165, 1.54) is 11.1 Å². The third kappa shape index (κ3) is 7.38. The average molecular weight is 457 g/mol. The van der Waals surface area contributed by atoms with Crippen LogP contribution in [-0.2, 0) is 0 Å². The molecule has 1 unspecified atom stereocenters. The molecule has 0 radical (unpaired) electrons. The summed E-state index contributed by atoms with van der Waals surface area (Å²) in [6.45, 7) is 15.7. The number of hydrogen-bond acceptors (Lipinski definition) is 4. The molecule has 1 atom stereocenters. The zero-order valence-corrected chi connectivity index (χ0v) is 21.4. The molecular weight excluding hydrogens is 420 g/mol. The van der Waals surface area contributed by atoms with Crippen molar-refractivity contribution in [3.8, 4) is 5.75 Å². The fraction of sp³-hybridized carbons (Fsp3) is 0.367. The van der Waals surface area contributed by atoms with Crippen molar-refractivity contribution in [2.45, 2.75) is 60.8 Å². The lowest BCUT2D eigenvalue weighted by atomic mass is 9.69. The summed E-state index contributed by atoms with van der Waals surface area (Å²) in [5.74, 6) is 0.566. The molecule has 0 N–H and O–H groups in total. The fourth-order valence-electron chi connectivity index (χ4n) is 3.86. The number of ether oxygens (including phenoxy) is 1. The van der Waals surface area contributed by atoms with Gasteiger partial charge in [0.2, 0.25) is 0 Å². The van der Waals surface area contributed by atoms with Crippen LogP contribution in [0, 0.1) is 17.8 Å². The van der Waals surface area contributed by atoms with Crippen LogP contribution in [0.15, 0.2) is 83.0 Å². The Labute approximate surface area is 204 Å². The zero-order valence-electron chi connectivity index (χ0n) is 21.4. The Hall–Kier alpha value is -3.27. The summed E-state index contributed by atoms with van der Waals surface area (Å²) in [5.41, 5.74) is 4.75. The normalized spacial score (nSPS) is 13.1. The molecule has 0 saturated carbocycles. The number of carbonyl (C=O) groups is 1. The second-order valence-electron chi connectivity index (χ2n) is 11.2. The predicted octanol–water partition coefficient (Wildman–Crippen LogP) is 9.20. The zero-order chi connectivity index (χ0) is 24.9. The van der Waals surface area contributed by atoms with Gasteiger partial charge in [0, 0.05) is 0 Å². The first-order valence-corrected chi connectivity index (χ1v) is 11.8. The summed E-state index contributed by atoms with van der Waals surface area (Å²) in [5, 5.41) is 8.46. The molecule has 4 nitrogen and oxygen atoms in total. The molecular formula is C30H36N2O2. The van der Waals surface area contributed by atoms with Gasteiger partial charge in [0.05, 0.1) is 16.9 Å². The first-order chi connectivity index (χ1) is 15.9. The molecule has 0 saturated heterocycles. The van der Waals surface area contributed by atoms with E-state index in [-0.39, 0.29) is 10.8 Å². The minimum Gasteiger partial charge on any atom is -0.423 e. The van der Waals surface area contributed by atoms with Gasteiger partial charge in [0.25, 0.3) is 0 Å². The second kappa shape index (κ2) is 10.3. The molecule has 0 fully saturated rings. The van der Waals surface area contributed by atoms with Crippen molar-refractivity contribution in [1.29, 1.82) is 0 Å². The van der Waals surface area contributed by atoms with Gasteiger partial charge in [-0.25, -0.2) is 4.79 Å². The lowest BCUT2D eigenvalue weighted by Crippen LogP contribution is -2.23. The van der Waals surface area contributed by atoms with E-state index in [0.717, 1.165) is 12.1 Å². The van der Waals surface area contributed by atoms with Crippen LogP contribution in [0.2, 0.25) is 0 Å². The topological polar surface area (TPSA) is 51.0 Å². The van der Waals surface area contributed by atoms with E-state index in [9.17, 15) is 4.79 Å². The molecule has 0 spiro atoms. The number of azo groups is 1. The van der Waals surface area contributed by atoms with Crippen molar-refractivity contribution in [2.24, 2.45) is 21.1 Å². The number of esters is 1. The summed E-state index contributed by atoms with van der Waals surface area (Å²) in [4.78, 5) is 12.6. The Morgan fingerprint density at radius 3 is 1.74 bits per heavy atom. The van der Waals surface area contributed by atoms with Crippen LogP contribution < -0.4 is 4.74 Å². The molecule has 4 heteroatoms. The Morgan fingerprint density at radius 2 is 1.26 bits per heavy atom. The third-order valence-corrected chi connectivity index (χ3v) is 5.77. The van der Waals surface area contributed by atoms with Crippen LogP contribution in [0.3, 0.4) is 0 Å². The number of nitrogens with zero attached hydrogens (tertiary/aromatic N) is 2. The molecule has 3 aromatic rings. The van der Waals surface area contributed by atoms with Crippen molar-refractivity contribution >= 4 is 17.3 Å². The highest BCUT2D eigenvalue weighted by atomic mass is 16.5. The smallest absolute Gasteiger partial charge is 0.343 e. The van der Waals surface area contributed by atoms with Gasteiger partial charge in [-0.3, -0.25) is 0 Å². The monoisotopic (exact) mass is 456 g/mol. The highest BCUT2D eigenvalue weighted by Gasteiger charge is 2.30. The van der Waals surface area contributed by atoms with E-state index in [2.05, 4.69) is 63.9 Å². The van der Waals surface area contributed by atoms with Gasteiger partial charge in [-0.05, 0) is 84.2 Å². The molecule has 0 aliphatic rings. The first-order valence-electron chi connectivity index (χ1n) is 11.8. The molecule has 0 amide bonds. The summed E-state index contributed by atoms with van der Waals surface area (Å²) >= 11 is 0. The van der Waals surface area contributed by atoms with E-state index in [4.69, 9.17) is 4.74 Å². The Kier molecular flexibility index (Phi) is 7.71. The summed E-state index contributed by atoms with van der Waals surface area (Å²) in [6.07, 6.45) is 1.09. The van der Waals surface area contributed by atoms with E-state index in [1.54, 1.807) is 24.3 Å². The van der Waals surface area contributed by atoms with Crippen molar-refractivity contribution in [3.05, 3.63) is 89.5 Å². The number of carbonyl (C=O) groups excluding carboxylic acids is 1. The minimum absolute atomic E-state index is 0.143. The number of hydrogen-bond donors (Lipinski definition) is 0. The Morgan fingerprint density at radius 1 is 0.765 bits per heavy atom. The molecule has 0 aromatic heterocycles. The van der Waals surface area contributed by atoms with Gasteiger partial charge in [-0.15, -0.1) is 0 Å². The maximum atomic E-state index is 12.6. The molecule has 0 heterocycles. The lowest BCUT2D eigenvalue weighted by Gasteiger charge is -2.36. The molecule has 0 aliphatic heterocycles. The highest BCUT2D eigenvalue weighted by molar-refractivity contribution is 5.91. The van der Waals surface area contributed by atoms with Gasteiger partial charge >= 0.3 is 5.97 Å². The number of rotatable bonds is 6. The van der Waals surface area contributed by atoms with Gasteiger partial charge in [-0.1, -0.05) is 71.4 Å². The maximum absolute atomic E-state index is 12.6. The van der Waals surface area contributed by atoms with Gasteiger partial charge in [0.1, 0.15) is 5.75 Å². The van der Waals surface area contributed by atoms with Crippen molar-refractivity contribution < 1.29 is 9.53 Å². The van der Waals surface area contributed by atoms with E-state index >= 15 is 0 Å².